The summed E-state index contributed by atoms with van der Waals surface area (Å²) in [5.41, 5.74) is 0. The van der Waals surface area contributed by atoms with Crippen LogP contribution < -0.4 is 10.6 Å². The maximum Gasteiger partial charge on any atom is 0.337 e. The van der Waals surface area contributed by atoms with Gasteiger partial charge in [-0.3, -0.25) is 0 Å². The quantitative estimate of drug-likeness (QED) is 0.398. The van der Waals surface area contributed by atoms with Gasteiger partial charge in [-0.1, -0.05) is 15.9 Å². The van der Waals surface area contributed by atoms with Gasteiger partial charge in [0.15, 0.2) is 0 Å². The molecule has 0 bridgehead atoms. The number of carbonyl (C=O) groups is 1. The van der Waals surface area contributed by atoms with Crippen LogP contribution >= 0.6 is 15.9 Å². The van der Waals surface area contributed by atoms with Gasteiger partial charge in [-0.05, 0) is 0 Å². The van der Waals surface area contributed by atoms with Gasteiger partial charge in [-0.15, -0.1) is 0 Å². The van der Waals surface area contributed by atoms with Crippen LogP contribution in [-0.2, 0) is 0 Å². The highest BCUT2D eigenvalue weighted by Crippen LogP contribution is 1.98. The molecule has 39 valence electrons. The van der Waals surface area contributed by atoms with Gasteiger partial charge in [0.05, 0.1) is 6.54 Å². The lowest BCUT2D eigenvalue weighted by atomic mass is 10.7. The lowest BCUT2D eigenvalue weighted by Gasteiger charge is -1.89. The second-order valence-corrected chi connectivity index (χ2v) is 2.36. The van der Waals surface area contributed by atoms with Crippen molar-refractivity contribution in [1.29, 1.82) is 0 Å². The monoisotopic (exact) mass is 163 g/mol. The molecule has 1 fully saturated rings. The number of hydrogen-bond donors (Lipinski definition) is 1. The van der Waals surface area contributed by atoms with Crippen molar-refractivity contribution < 1.29 is 4.79 Å². The average molecular weight is 164 g/mol. The summed E-state index contributed by atoms with van der Waals surface area (Å²) in [6.07, 6.45) is 0. The minimum absolute atomic E-state index is 0.0694. The first-order valence-corrected chi connectivity index (χ1v) is 2.82. The molecule has 1 aliphatic rings. The highest BCUT2D eigenvalue weighted by Gasteiger charge is 2.17. The number of nitrogens with one attached hydrogen (secondary N) is 1. The summed E-state index contributed by atoms with van der Waals surface area (Å²) in [7, 11) is 0. The van der Waals surface area contributed by atoms with Gasteiger partial charge in [0.2, 0.25) is 0 Å². The molecule has 1 rings (SSSR count). The van der Waals surface area contributed by atoms with Crippen molar-refractivity contribution in [3.05, 3.63) is 0 Å². The van der Waals surface area contributed by atoms with E-state index in [0.717, 1.165) is 0 Å². The third-order valence-corrected chi connectivity index (χ3v) is 1.19. The first-order valence-electron chi connectivity index (χ1n) is 1.91. The van der Waals surface area contributed by atoms with Crippen molar-refractivity contribution >= 4 is 22.0 Å². The molecule has 2 amide bonds. The van der Waals surface area contributed by atoms with Gasteiger partial charge in [-0.2, -0.15) is 0 Å². The Balaban J connectivity index is 2.40. The molecule has 0 aromatic rings. The fraction of sp³-hybridized carbons (Fsp3) is 0.667. The van der Waals surface area contributed by atoms with E-state index in [2.05, 4.69) is 26.6 Å². The summed E-state index contributed by atoms with van der Waals surface area (Å²) in [6, 6.07) is -0.220. The predicted octanol–water partition coefficient (Wildman–Crippen LogP) is 0.0350. The summed E-state index contributed by atoms with van der Waals surface area (Å²) >= 11 is 3.15. The van der Waals surface area contributed by atoms with Crippen molar-refractivity contribution in [3.63, 3.8) is 0 Å². The average Bonchev–Trinajstić information content (AvgIpc) is 1.87. The summed E-state index contributed by atoms with van der Waals surface area (Å²) in [5.74, 6) is 0. The molecule has 1 unspecified atom stereocenters. The Hall–Kier alpha value is -0.250. The summed E-state index contributed by atoms with van der Waals surface area (Å²) in [6.45, 7) is 0.554. The Bertz CT molecular complexity index is 94.9. The van der Waals surface area contributed by atoms with Crippen LogP contribution in [0.15, 0.2) is 0 Å². The lowest BCUT2D eigenvalue weighted by molar-refractivity contribution is 0.247. The second-order valence-electron chi connectivity index (χ2n) is 1.26. The normalized spacial score (nSPS) is 29.3. The molecule has 7 heavy (non-hydrogen) atoms. The Kier molecular flexibility index (Phi) is 1.19. The van der Waals surface area contributed by atoms with E-state index >= 15 is 0 Å². The molecular formula is C3H4BrN2O. The van der Waals surface area contributed by atoms with Crippen LogP contribution in [0.5, 0.6) is 0 Å². The number of carbonyl (C=O) groups excluding carboxylic acids is 1. The highest BCUT2D eigenvalue weighted by atomic mass is 79.9. The van der Waals surface area contributed by atoms with E-state index in [0.29, 0.717) is 6.54 Å². The zero-order chi connectivity index (χ0) is 5.28. The molecule has 1 atom stereocenters. The van der Waals surface area contributed by atoms with Gasteiger partial charge in [0.1, 0.15) is 4.95 Å². The molecule has 0 spiro atoms. The fourth-order valence-corrected chi connectivity index (χ4v) is 0.729. The Morgan fingerprint density at radius 1 is 2.00 bits per heavy atom. The molecule has 3 nitrogen and oxygen atoms in total. The van der Waals surface area contributed by atoms with Crippen molar-refractivity contribution in [2.45, 2.75) is 4.95 Å². The van der Waals surface area contributed by atoms with Crippen LogP contribution in [-0.4, -0.2) is 17.5 Å². The lowest BCUT2D eigenvalue weighted by Crippen LogP contribution is -2.20. The van der Waals surface area contributed by atoms with E-state index in [1.54, 1.807) is 0 Å². The molecular weight excluding hydrogens is 160 g/mol. The first-order chi connectivity index (χ1) is 3.29. The maximum absolute atomic E-state index is 10.1. The molecule has 0 aromatic heterocycles. The van der Waals surface area contributed by atoms with Crippen LogP contribution in [0.4, 0.5) is 4.79 Å². The third kappa shape index (κ3) is 1.06. The van der Waals surface area contributed by atoms with Gasteiger partial charge in [-0.25, -0.2) is 10.1 Å². The van der Waals surface area contributed by atoms with Crippen LogP contribution in [0, 0.1) is 0 Å². The summed E-state index contributed by atoms with van der Waals surface area (Å²) in [4.78, 5) is 10.2. The number of urea groups is 1. The topological polar surface area (TPSA) is 43.2 Å². The van der Waals surface area contributed by atoms with Crippen molar-refractivity contribution in [2.75, 3.05) is 6.54 Å². The minimum Gasteiger partial charge on any atom is -0.322 e. The number of alkyl halides is 1. The third-order valence-electron chi connectivity index (χ3n) is 0.675. The number of hydrogen-bond acceptors (Lipinski definition) is 1. The smallest absolute Gasteiger partial charge is 0.322 e. The van der Waals surface area contributed by atoms with Gasteiger partial charge >= 0.3 is 6.03 Å². The molecule has 1 aliphatic heterocycles. The largest absolute Gasteiger partial charge is 0.337 e. The van der Waals surface area contributed by atoms with Gasteiger partial charge in [0.25, 0.3) is 0 Å². The van der Waals surface area contributed by atoms with Gasteiger partial charge in [0, 0.05) is 0 Å². The van der Waals surface area contributed by atoms with Crippen LogP contribution in [0.1, 0.15) is 0 Å². The minimum atomic E-state index is -0.220. The highest BCUT2D eigenvalue weighted by molar-refractivity contribution is 9.09. The SMILES string of the molecule is O=C1[N]CC(Br)N1. The van der Waals surface area contributed by atoms with E-state index < -0.39 is 0 Å². The molecule has 1 heterocycles. The Morgan fingerprint density at radius 3 is 2.86 bits per heavy atom. The maximum atomic E-state index is 10.1. The zero-order valence-electron chi connectivity index (χ0n) is 3.52. The molecule has 1 N–H and O–H groups in total. The van der Waals surface area contributed by atoms with E-state index in [1.807, 2.05) is 0 Å². The van der Waals surface area contributed by atoms with Crippen molar-refractivity contribution in [1.82, 2.24) is 10.6 Å². The van der Waals surface area contributed by atoms with E-state index in [9.17, 15) is 4.79 Å². The Morgan fingerprint density at radius 2 is 2.71 bits per heavy atom. The Labute approximate surface area is 49.6 Å². The molecule has 1 radical (unpaired) electrons. The van der Waals surface area contributed by atoms with Gasteiger partial charge < -0.3 is 5.32 Å². The fourth-order valence-electron chi connectivity index (χ4n) is 0.388. The van der Waals surface area contributed by atoms with Crippen LogP contribution in [0.2, 0.25) is 0 Å². The molecule has 0 aliphatic carbocycles. The molecule has 4 heteroatoms. The predicted molar refractivity (Wildman–Crippen MR) is 28.2 cm³/mol. The number of rotatable bonds is 0. The summed E-state index contributed by atoms with van der Waals surface area (Å²) < 4.78 is 0. The van der Waals surface area contributed by atoms with E-state index in [4.69, 9.17) is 0 Å². The second kappa shape index (κ2) is 1.69. The molecule has 0 aromatic carbocycles. The summed E-state index contributed by atoms with van der Waals surface area (Å²) in [5, 5.41) is 6.05. The number of amides is 2. The number of halogens is 1. The molecule has 1 saturated heterocycles. The van der Waals surface area contributed by atoms with Crippen molar-refractivity contribution in [3.8, 4) is 0 Å². The van der Waals surface area contributed by atoms with Crippen LogP contribution in [0.25, 0.3) is 0 Å². The van der Waals surface area contributed by atoms with E-state index in [-0.39, 0.29) is 11.0 Å². The van der Waals surface area contributed by atoms with E-state index in [1.165, 1.54) is 0 Å². The standard InChI is InChI=1S/C3H4BrN2O/c4-2-1-5-3(7)6-2/h2H,1H2,(H,6,7). The van der Waals surface area contributed by atoms with Crippen LogP contribution in [0.3, 0.4) is 0 Å². The molecule has 0 saturated carbocycles. The zero-order valence-corrected chi connectivity index (χ0v) is 5.10. The first kappa shape index (κ1) is 4.90. The number of nitrogens with zero attached hydrogens (tertiary/aromatic N) is 1. The van der Waals surface area contributed by atoms with Crippen molar-refractivity contribution in [2.24, 2.45) is 0 Å².